The van der Waals surface area contributed by atoms with Crippen LogP contribution in [-0.4, -0.2) is 23.2 Å². The third-order valence-corrected chi connectivity index (χ3v) is 3.74. The summed E-state index contributed by atoms with van der Waals surface area (Å²) in [6.45, 7) is 5.69. The van der Waals surface area contributed by atoms with E-state index >= 15 is 0 Å². The molecule has 24 heavy (non-hydrogen) atoms. The van der Waals surface area contributed by atoms with Crippen LogP contribution in [-0.2, 0) is 6.42 Å². The number of para-hydroxylation sites is 1. The normalized spacial score (nSPS) is 10.2. The highest BCUT2D eigenvalue weighted by Gasteiger charge is 2.03. The molecule has 0 radical (unpaired) electrons. The number of rotatable bonds is 8. The molecule has 128 valence electrons. The number of anilines is 1. The van der Waals surface area contributed by atoms with Crippen molar-refractivity contribution in [3.63, 3.8) is 0 Å². The molecule has 4 nitrogen and oxygen atoms in total. The van der Waals surface area contributed by atoms with Crippen molar-refractivity contribution in [2.24, 2.45) is 0 Å². The van der Waals surface area contributed by atoms with Gasteiger partial charge in [0.2, 0.25) is 0 Å². The van der Waals surface area contributed by atoms with E-state index in [1.807, 2.05) is 37.4 Å². The maximum absolute atomic E-state index is 5.79. The van der Waals surface area contributed by atoms with Gasteiger partial charge in [-0.25, -0.2) is 4.98 Å². The monoisotopic (exact) mass is 343 g/mol. The summed E-state index contributed by atoms with van der Waals surface area (Å²) in [5.74, 6) is 1.75. The fourth-order valence-corrected chi connectivity index (χ4v) is 2.45. The van der Waals surface area contributed by atoms with Gasteiger partial charge >= 0.3 is 0 Å². The number of hydrogen-bond acceptors (Lipinski definition) is 3. The van der Waals surface area contributed by atoms with Gasteiger partial charge in [0.15, 0.2) is 5.11 Å². The van der Waals surface area contributed by atoms with Crippen molar-refractivity contribution in [3.8, 4) is 5.75 Å². The largest absolute Gasteiger partial charge is 0.493 e. The lowest BCUT2D eigenvalue weighted by atomic mass is 10.1. The van der Waals surface area contributed by atoms with Crippen LogP contribution >= 0.6 is 12.2 Å². The molecule has 0 saturated heterocycles. The van der Waals surface area contributed by atoms with Crippen LogP contribution < -0.4 is 15.4 Å². The second-order valence-electron chi connectivity index (χ2n) is 5.66. The Labute approximate surface area is 149 Å². The van der Waals surface area contributed by atoms with Gasteiger partial charge in [-0.1, -0.05) is 31.2 Å². The van der Waals surface area contributed by atoms with Gasteiger partial charge in [0.25, 0.3) is 0 Å². The summed E-state index contributed by atoms with van der Waals surface area (Å²) < 4.78 is 5.79. The first-order valence-electron chi connectivity index (χ1n) is 8.37. The second kappa shape index (κ2) is 9.88. The zero-order valence-electron chi connectivity index (χ0n) is 14.3. The third-order valence-electron chi connectivity index (χ3n) is 3.50. The van der Waals surface area contributed by atoms with Crippen LogP contribution in [0.2, 0.25) is 0 Å². The van der Waals surface area contributed by atoms with E-state index in [1.54, 1.807) is 0 Å². The molecule has 2 N–H and O–H groups in total. The smallest absolute Gasteiger partial charge is 0.171 e. The molecule has 0 amide bonds. The summed E-state index contributed by atoms with van der Waals surface area (Å²) in [4.78, 5) is 4.28. The third kappa shape index (κ3) is 6.16. The molecule has 0 unspecified atom stereocenters. The Balaban J connectivity index is 1.72. The Morgan fingerprint density at radius 3 is 2.79 bits per heavy atom. The number of benzene rings is 1. The van der Waals surface area contributed by atoms with Crippen molar-refractivity contribution < 1.29 is 4.74 Å². The highest BCUT2D eigenvalue weighted by Crippen LogP contribution is 2.19. The van der Waals surface area contributed by atoms with Crippen molar-refractivity contribution >= 4 is 23.1 Å². The van der Waals surface area contributed by atoms with Gasteiger partial charge in [0, 0.05) is 12.7 Å². The second-order valence-corrected chi connectivity index (χ2v) is 6.07. The maximum atomic E-state index is 5.79. The first-order valence-corrected chi connectivity index (χ1v) is 8.78. The summed E-state index contributed by atoms with van der Waals surface area (Å²) in [7, 11) is 0. The van der Waals surface area contributed by atoms with Crippen LogP contribution in [0.3, 0.4) is 0 Å². The molecule has 0 aliphatic rings. The number of ether oxygens (including phenoxy) is 1. The Kier molecular flexibility index (Phi) is 7.49. The molecule has 1 heterocycles. The van der Waals surface area contributed by atoms with E-state index in [1.165, 1.54) is 5.56 Å². The molecule has 0 saturated carbocycles. The van der Waals surface area contributed by atoms with Crippen LogP contribution in [0.25, 0.3) is 0 Å². The highest BCUT2D eigenvalue weighted by molar-refractivity contribution is 7.80. The van der Waals surface area contributed by atoms with E-state index in [-0.39, 0.29) is 0 Å². The number of aryl methyl sites for hydroxylation is 2. The van der Waals surface area contributed by atoms with E-state index in [0.29, 0.717) is 5.11 Å². The summed E-state index contributed by atoms with van der Waals surface area (Å²) in [5, 5.41) is 6.91. The molecule has 0 aliphatic heterocycles. The molecule has 2 rings (SSSR count). The lowest BCUT2D eigenvalue weighted by Crippen LogP contribution is -2.29. The molecule has 2 aromatic rings. The van der Waals surface area contributed by atoms with Gasteiger partial charge in [-0.15, -0.1) is 0 Å². The molecule has 0 spiro atoms. The van der Waals surface area contributed by atoms with Crippen molar-refractivity contribution in [3.05, 3.63) is 53.7 Å². The maximum Gasteiger partial charge on any atom is 0.171 e. The predicted octanol–water partition coefficient (Wildman–Crippen LogP) is 4.10. The van der Waals surface area contributed by atoms with Gasteiger partial charge in [-0.3, -0.25) is 0 Å². The zero-order chi connectivity index (χ0) is 17.2. The van der Waals surface area contributed by atoms with E-state index in [4.69, 9.17) is 17.0 Å². The van der Waals surface area contributed by atoms with E-state index < -0.39 is 0 Å². The summed E-state index contributed by atoms with van der Waals surface area (Å²) >= 11 is 5.30. The lowest BCUT2D eigenvalue weighted by Gasteiger charge is -2.12. The zero-order valence-corrected chi connectivity index (χ0v) is 15.2. The number of aromatic nitrogens is 1. The first kappa shape index (κ1) is 18.2. The molecular formula is C19H25N3OS. The molecule has 1 aromatic carbocycles. The first-order chi connectivity index (χ1) is 11.7. The van der Waals surface area contributed by atoms with Crippen LogP contribution in [0, 0.1) is 6.92 Å². The Hall–Kier alpha value is -2.14. The molecule has 5 heteroatoms. The topological polar surface area (TPSA) is 46.2 Å². The fourth-order valence-electron chi connectivity index (χ4n) is 2.25. The minimum absolute atomic E-state index is 0.599. The average Bonchev–Trinajstić information content (AvgIpc) is 2.60. The number of hydrogen-bond donors (Lipinski definition) is 2. The van der Waals surface area contributed by atoms with Crippen molar-refractivity contribution in [1.29, 1.82) is 0 Å². The Morgan fingerprint density at radius 2 is 2.04 bits per heavy atom. The molecule has 1 aromatic heterocycles. The van der Waals surface area contributed by atoms with Gasteiger partial charge in [-0.05, 0) is 61.7 Å². The average molecular weight is 343 g/mol. The van der Waals surface area contributed by atoms with Gasteiger partial charge < -0.3 is 15.4 Å². The number of nitrogens with one attached hydrogen (secondary N) is 2. The van der Waals surface area contributed by atoms with Crippen molar-refractivity contribution in [1.82, 2.24) is 10.3 Å². The Bertz CT molecular complexity index is 643. The summed E-state index contributed by atoms with van der Waals surface area (Å²) in [6, 6.07) is 12.2. The van der Waals surface area contributed by atoms with E-state index in [9.17, 15) is 0 Å². The predicted molar refractivity (Wildman–Crippen MR) is 104 cm³/mol. The number of thiocarbonyl (C=S) groups is 1. The summed E-state index contributed by atoms with van der Waals surface area (Å²) in [6.07, 6.45) is 4.77. The van der Waals surface area contributed by atoms with Crippen LogP contribution in [0.5, 0.6) is 5.75 Å². The molecule has 0 aliphatic carbocycles. The van der Waals surface area contributed by atoms with E-state index in [0.717, 1.165) is 49.5 Å². The SMILES string of the molecule is CCCOc1ccccc1CCCNC(=S)Nc1ccc(C)cn1. The van der Waals surface area contributed by atoms with Crippen LogP contribution in [0.4, 0.5) is 5.82 Å². The summed E-state index contributed by atoms with van der Waals surface area (Å²) in [5.41, 5.74) is 2.37. The molecule has 0 fully saturated rings. The minimum atomic E-state index is 0.599. The van der Waals surface area contributed by atoms with Gasteiger partial charge in [0.1, 0.15) is 11.6 Å². The minimum Gasteiger partial charge on any atom is -0.493 e. The molecule has 0 bridgehead atoms. The standard InChI is InChI=1S/C19H25N3OS/c1-3-13-23-17-9-5-4-7-16(17)8-6-12-20-19(24)22-18-11-10-15(2)14-21-18/h4-5,7,9-11,14H,3,6,8,12-13H2,1-2H3,(H2,20,21,22,24). The van der Waals surface area contributed by atoms with Crippen LogP contribution in [0.15, 0.2) is 42.6 Å². The lowest BCUT2D eigenvalue weighted by molar-refractivity contribution is 0.314. The molecule has 0 atom stereocenters. The molecular weight excluding hydrogens is 318 g/mol. The van der Waals surface area contributed by atoms with Crippen molar-refractivity contribution in [2.75, 3.05) is 18.5 Å². The van der Waals surface area contributed by atoms with Gasteiger partial charge in [0.05, 0.1) is 6.61 Å². The quantitative estimate of drug-likeness (QED) is 0.558. The van der Waals surface area contributed by atoms with Crippen molar-refractivity contribution in [2.45, 2.75) is 33.1 Å². The van der Waals surface area contributed by atoms with Gasteiger partial charge in [-0.2, -0.15) is 0 Å². The Morgan fingerprint density at radius 1 is 1.21 bits per heavy atom. The highest BCUT2D eigenvalue weighted by atomic mass is 32.1. The number of pyridine rings is 1. The van der Waals surface area contributed by atoms with E-state index in [2.05, 4.69) is 34.7 Å². The van der Waals surface area contributed by atoms with Crippen LogP contribution in [0.1, 0.15) is 30.9 Å². The number of nitrogens with zero attached hydrogens (tertiary/aromatic N) is 1. The fraction of sp³-hybridized carbons (Fsp3) is 0.368.